The second-order valence-corrected chi connectivity index (χ2v) is 8.04. The van der Waals surface area contributed by atoms with E-state index < -0.39 is 0 Å². The Hall–Kier alpha value is -4.18. The van der Waals surface area contributed by atoms with Crippen LogP contribution in [0.25, 0.3) is 43.6 Å². The van der Waals surface area contributed by atoms with Crippen molar-refractivity contribution in [2.75, 3.05) is 7.11 Å². The van der Waals surface area contributed by atoms with Crippen molar-refractivity contribution in [1.82, 2.24) is 9.55 Å². The number of nitrogens with zero attached hydrogens (tertiary/aromatic N) is 2. The van der Waals surface area contributed by atoms with Crippen LogP contribution in [0, 0.1) is 0 Å². The number of carbonyl (C=O) groups is 1. The maximum absolute atomic E-state index is 13.9. The van der Waals surface area contributed by atoms with Gasteiger partial charge in [0.2, 0.25) is 0 Å². The summed E-state index contributed by atoms with van der Waals surface area (Å²) in [6.07, 6.45) is 0. The van der Waals surface area contributed by atoms with Crippen LogP contribution in [0.5, 0.6) is 5.75 Å². The Morgan fingerprint density at radius 3 is 2.44 bits per heavy atom. The van der Waals surface area contributed by atoms with Gasteiger partial charge in [0.25, 0.3) is 0 Å². The molecule has 0 saturated heterocycles. The Kier molecular flexibility index (Phi) is 4.02. The molecule has 2 heterocycles. The van der Waals surface area contributed by atoms with E-state index in [2.05, 4.69) is 28.8 Å². The number of methoxy groups -OCH3 is 1. The Balaban J connectivity index is 1.81. The minimum absolute atomic E-state index is 0.0209. The highest BCUT2D eigenvalue weighted by Gasteiger charge is 2.22. The standard InChI is InChI=1S/C28H20N2O2/c1-30-24-11-7-6-10-21(24)22-16-19-14-18-15-20(32-2)12-13-23(18)29-26(19)25(27(22)30)28(31)17-8-4-3-5-9-17/h3-16H,1-2H3. The Morgan fingerprint density at radius 1 is 0.844 bits per heavy atom. The van der Waals surface area contributed by atoms with Gasteiger partial charge in [-0.2, -0.15) is 0 Å². The number of rotatable bonds is 3. The van der Waals surface area contributed by atoms with Crippen LogP contribution in [0.2, 0.25) is 0 Å². The number of benzene rings is 4. The molecule has 6 rings (SSSR count). The van der Waals surface area contributed by atoms with Gasteiger partial charge >= 0.3 is 0 Å². The van der Waals surface area contributed by atoms with Crippen molar-refractivity contribution >= 4 is 49.4 Å². The molecule has 32 heavy (non-hydrogen) atoms. The summed E-state index contributed by atoms with van der Waals surface area (Å²) in [4.78, 5) is 18.8. The summed E-state index contributed by atoms with van der Waals surface area (Å²) >= 11 is 0. The number of aromatic nitrogens is 2. The summed E-state index contributed by atoms with van der Waals surface area (Å²) in [5.74, 6) is 0.762. The maximum Gasteiger partial charge on any atom is 0.197 e. The van der Waals surface area contributed by atoms with Crippen molar-refractivity contribution in [1.29, 1.82) is 0 Å². The van der Waals surface area contributed by atoms with E-state index in [1.165, 1.54) is 0 Å². The number of fused-ring (bicyclic) bond motifs is 5. The molecule has 0 aliphatic rings. The van der Waals surface area contributed by atoms with Gasteiger partial charge in [-0.25, -0.2) is 4.98 Å². The van der Waals surface area contributed by atoms with Crippen molar-refractivity contribution in [2.45, 2.75) is 0 Å². The van der Waals surface area contributed by atoms with Crippen molar-refractivity contribution in [3.05, 3.63) is 96.1 Å². The first-order chi connectivity index (χ1) is 15.7. The third-order valence-electron chi connectivity index (χ3n) is 6.23. The maximum atomic E-state index is 13.9. The Labute approximate surface area is 184 Å². The monoisotopic (exact) mass is 416 g/mol. The third-order valence-corrected chi connectivity index (χ3v) is 6.23. The number of pyridine rings is 1. The predicted molar refractivity (Wildman–Crippen MR) is 130 cm³/mol. The molecule has 4 heteroatoms. The summed E-state index contributed by atoms with van der Waals surface area (Å²) < 4.78 is 7.51. The van der Waals surface area contributed by atoms with E-state index in [4.69, 9.17) is 9.72 Å². The highest BCUT2D eigenvalue weighted by atomic mass is 16.5. The van der Waals surface area contributed by atoms with Gasteiger partial charge in [-0.15, -0.1) is 0 Å². The van der Waals surface area contributed by atoms with Crippen LogP contribution in [0.3, 0.4) is 0 Å². The highest BCUT2D eigenvalue weighted by Crippen LogP contribution is 2.37. The first-order valence-corrected chi connectivity index (χ1v) is 10.5. The molecule has 0 aliphatic heterocycles. The second-order valence-electron chi connectivity index (χ2n) is 8.04. The molecule has 0 N–H and O–H groups in total. The number of ketones is 1. The minimum atomic E-state index is -0.0209. The smallest absolute Gasteiger partial charge is 0.197 e. The van der Waals surface area contributed by atoms with Crippen LogP contribution in [-0.2, 0) is 7.05 Å². The Bertz CT molecular complexity index is 1680. The van der Waals surface area contributed by atoms with Crippen LogP contribution in [0.4, 0.5) is 0 Å². The summed E-state index contributed by atoms with van der Waals surface area (Å²) in [6.45, 7) is 0. The number of hydrogen-bond acceptors (Lipinski definition) is 3. The number of ether oxygens (including phenoxy) is 1. The zero-order valence-electron chi connectivity index (χ0n) is 17.8. The molecule has 0 amide bonds. The molecule has 0 atom stereocenters. The molecule has 2 aromatic heterocycles. The van der Waals surface area contributed by atoms with Gasteiger partial charge in [-0.3, -0.25) is 4.79 Å². The first kappa shape index (κ1) is 18.6. The van der Waals surface area contributed by atoms with Crippen LogP contribution >= 0.6 is 0 Å². The van der Waals surface area contributed by atoms with E-state index >= 15 is 0 Å². The van der Waals surface area contributed by atoms with Gasteiger partial charge in [-0.05, 0) is 36.4 Å². The lowest BCUT2D eigenvalue weighted by atomic mass is 9.96. The molecule has 0 radical (unpaired) electrons. The topological polar surface area (TPSA) is 44.1 Å². The summed E-state index contributed by atoms with van der Waals surface area (Å²) in [7, 11) is 3.68. The van der Waals surface area contributed by atoms with E-state index in [9.17, 15) is 4.79 Å². The SMILES string of the molecule is COc1ccc2nc3c(C(=O)c4ccccc4)c4c(cc3cc2c1)c1ccccc1n4C. The second kappa shape index (κ2) is 6.92. The lowest BCUT2D eigenvalue weighted by molar-refractivity contribution is 0.104. The molecule has 4 nitrogen and oxygen atoms in total. The molecule has 0 fully saturated rings. The Morgan fingerprint density at radius 2 is 1.62 bits per heavy atom. The van der Waals surface area contributed by atoms with Gasteiger partial charge in [-0.1, -0.05) is 48.5 Å². The largest absolute Gasteiger partial charge is 0.497 e. The summed E-state index contributed by atoms with van der Waals surface area (Å²) in [5.41, 5.74) is 4.84. The normalized spacial score (nSPS) is 11.6. The number of para-hydroxylation sites is 1. The fourth-order valence-corrected chi connectivity index (χ4v) is 4.70. The van der Waals surface area contributed by atoms with Crippen molar-refractivity contribution in [2.24, 2.45) is 7.05 Å². The molecular weight excluding hydrogens is 396 g/mol. The average molecular weight is 416 g/mol. The van der Waals surface area contributed by atoms with Crippen LogP contribution in [-0.4, -0.2) is 22.4 Å². The van der Waals surface area contributed by atoms with Crippen LogP contribution in [0.1, 0.15) is 15.9 Å². The number of carbonyl (C=O) groups excluding carboxylic acids is 1. The fourth-order valence-electron chi connectivity index (χ4n) is 4.70. The quantitative estimate of drug-likeness (QED) is 0.252. The summed E-state index contributed by atoms with van der Waals surface area (Å²) in [6, 6.07) is 27.8. The number of aryl methyl sites for hydroxylation is 1. The molecule has 154 valence electrons. The van der Waals surface area contributed by atoms with Gasteiger partial charge in [0, 0.05) is 39.7 Å². The molecule has 6 aromatic rings. The molecule has 0 aliphatic carbocycles. The minimum Gasteiger partial charge on any atom is -0.497 e. The molecule has 0 spiro atoms. The van der Waals surface area contributed by atoms with Gasteiger partial charge in [0.1, 0.15) is 5.75 Å². The van der Waals surface area contributed by atoms with E-state index in [-0.39, 0.29) is 5.78 Å². The number of hydrogen-bond donors (Lipinski definition) is 0. The molecule has 0 saturated carbocycles. The molecule has 0 bridgehead atoms. The molecular formula is C28H20N2O2. The van der Waals surface area contributed by atoms with Crippen molar-refractivity contribution < 1.29 is 9.53 Å². The highest BCUT2D eigenvalue weighted by molar-refractivity contribution is 6.27. The zero-order valence-corrected chi connectivity index (χ0v) is 17.8. The lowest BCUT2D eigenvalue weighted by Crippen LogP contribution is -2.06. The van der Waals surface area contributed by atoms with Crippen LogP contribution in [0.15, 0.2) is 84.9 Å². The average Bonchev–Trinajstić information content (AvgIpc) is 3.12. The third kappa shape index (κ3) is 2.63. The van der Waals surface area contributed by atoms with E-state index in [1.807, 2.05) is 67.7 Å². The first-order valence-electron chi connectivity index (χ1n) is 10.5. The van der Waals surface area contributed by atoms with E-state index in [0.717, 1.165) is 49.4 Å². The van der Waals surface area contributed by atoms with E-state index in [0.29, 0.717) is 11.1 Å². The van der Waals surface area contributed by atoms with Gasteiger partial charge in [0.05, 0.1) is 29.2 Å². The van der Waals surface area contributed by atoms with Crippen LogP contribution < -0.4 is 4.74 Å². The summed E-state index contributed by atoms with van der Waals surface area (Å²) in [5, 5.41) is 4.10. The zero-order chi connectivity index (χ0) is 21.8. The lowest BCUT2D eigenvalue weighted by Gasteiger charge is -2.12. The molecule has 4 aromatic carbocycles. The van der Waals surface area contributed by atoms with Crippen molar-refractivity contribution in [3.8, 4) is 5.75 Å². The fraction of sp³-hybridized carbons (Fsp3) is 0.0714. The van der Waals surface area contributed by atoms with Gasteiger partial charge in [0.15, 0.2) is 5.78 Å². The van der Waals surface area contributed by atoms with E-state index in [1.54, 1.807) is 7.11 Å². The predicted octanol–water partition coefficient (Wildman–Crippen LogP) is 6.27. The van der Waals surface area contributed by atoms with Crippen molar-refractivity contribution in [3.63, 3.8) is 0 Å². The molecule has 0 unspecified atom stereocenters. The van der Waals surface area contributed by atoms with Gasteiger partial charge < -0.3 is 9.30 Å².